The maximum atomic E-state index is 13.4. The molecule has 124 valence electrons. The van der Waals surface area contributed by atoms with Crippen LogP contribution in [0.25, 0.3) is 0 Å². The number of rotatable bonds is 7. The molecule has 0 aliphatic heterocycles. The Kier molecular flexibility index (Phi) is 5.43. The van der Waals surface area contributed by atoms with Crippen molar-refractivity contribution < 1.29 is 44.7 Å². The molecule has 0 rings (SSSR count). The summed E-state index contributed by atoms with van der Waals surface area (Å²) in [5, 5.41) is 0. The summed E-state index contributed by atoms with van der Waals surface area (Å²) in [5.74, 6) is -25.5. The SMILES string of the molecule is C=CC(=O)OC(C)C(F)(F)C(F)(F)C(F)(F)C(F)(F)CC. The highest BCUT2D eigenvalue weighted by molar-refractivity contribution is 5.81. The van der Waals surface area contributed by atoms with Crippen LogP contribution in [0.4, 0.5) is 35.1 Å². The molecule has 0 saturated heterocycles. The molecule has 0 aromatic carbocycles. The number of esters is 1. The van der Waals surface area contributed by atoms with Crippen LogP contribution in [0.3, 0.4) is 0 Å². The second-order valence-corrected chi connectivity index (χ2v) is 4.11. The molecule has 0 aromatic heterocycles. The Labute approximate surface area is 114 Å². The van der Waals surface area contributed by atoms with E-state index in [1.807, 2.05) is 0 Å². The summed E-state index contributed by atoms with van der Waals surface area (Å²) in [6, 6.07) is 0. The van der Waals surface area contributed by atoms with Crippen molar-refractivity contribution in [3.63, 3.8) is 0 Å². The van der Waals surface area contributed by atoms with Gasteiger partial charge in [0.05, 0.1) is 0 Å². The Bertz CT molecular complexity index is 405. The van der Waals surface area contributed by atoms with Gasteiger partial charge in [-0.25, -0.2) is 4.79 Å². The summed E-state index contributed by atoms with van der Waals surface area (Å²) in [4.78, 5) is 10.6. The Hall–Kier alpha value is -1.35. The largest absolute Gasteiger partial charge is 0.453 e. The van der Waals surface area contributed by atoms with E-state index in [0.29, 0.717) is 13.0 Å². The molecular formula is C11H12F8O2. The quantitative estimate of drug-likeness (QED) is 0.400. The van der Waals surface area contributed by atoms with Gasteiger partial charge >= 0.3 is 29.7 Å². The van der Waals surface area contributed by atoms with Gasteiger partial charge in [0.2, 0.25) is 0 Å². The average Bonchev–Trinajstić information content (AvgIpc) is 2.37. The monoisotopic (exact) mass is 328 g/mol. The lowest BCUT2D eigenvalue weighted by atomic mass is 9.94. The highest BCUT2D eigenvalue weighted by Gasteiger charge is 2.81. The number of halogens is 8. The van der Waals surface area contributed by atoms with E-state index < -0.39 is 42.2 Å². The lowest BCUT2D eigenvalue weighted by Gasteiger charge is -2.38. The van der Waals surface area contributed by atoms with Crippen LogP contribution in [0.5, 0.6) is 0 Å². The topological polar surface area (TPSA) is 26.3 Å². The van der Waals surface area contributed by atoms with Crippen molar-refractivity contribution >= 4 is 5.97 Å². The smallest absolute Gasteiger partial charge is 0.381 e. The van der Waals surface area contributed by atoms with Crippen LogP contribution < -0.4 is 0 Å². The van der Waals surface area contributed by atoms with Crippen molar-refractivity contribution in [2.75, 3.05) is 0 Å². The van der Waals surface area contributed by atoms with Gasteiger partial charge in [-0.15, -0.1) is 0 Å². The van der Waals surface area contributed by atoms with Gasteiger partial charge in [0.1, 0.15) is 0 Å². The molecule has 0 saturated carbocycles. The van der Waals surface area contributed by atoms with E-state index in [2.05, 4.69) is 11.3 Å². The molecule has 0 N–H and O–H groups in total. The fourth-order valence-electron chi connectivity index (χ4n) is 1.21. The van der Waals surface area contributed by atoms with E-state index in [0.717, 1.165) is 0 Å². The minimum absolute atomic E-state index is 0.176. The first-order valence-corrected chi connectivity index (χ1v) is 5.53. The minimum atomic E-state index is -6.44. The number of ether oxygens (including phenoxy) is 1. The molecule has 0 heterocycles. The Morgan fingerprint density at radius 2 is 1.52 bits per heavy atom. The Balaban J connectivity index is 5.65. The first-order chi connectivity index (χ1) is 9.19. The van der Waals surface area contributed by atoms with Crippen molar-refractivity contribution in [3.05, 3.63) is 12.7 Å². The lowest BCUT2D eigenvalue weighted by Crippen LogP contribution is -2.65. The maximum absolute atomic E-state index is 13.4. The van der Waals surface area contributed by atoms with E-state index >= 15 is 0 Å². The van der Waals surface area contributed by atoms with E-state index in [1.54, 1.807) is 0 Å². The third-order valence-corrected chi connectivity index (χ3v) is 2.69. The van der Waals surface area contributed by atoms with E-state index in [4.69, 9.17) is 0 Å². The summed E-state index contributed by atoms with van der Waals surface area (Å²) >= 11 is 0. The highest BCUT2D eigenvalue weighted by atomic mass is 19.4. The molecule has 0 radical (unpaired) electrons. The second kappa shape index (κ2) is 5.80. The third kappa shape index (κ3) is 3.13. The number of hydrogen-bond acceptors (Lipinski definition) is 2. The van der Waals surface area contributed by atoms with Gasteiger partial charge in [0, 0.05) is 12.5 Å². The van der Waals surface area contributed by atoms with Crippen molar-refractivity contribution in [2.45, 2.75) is 50.1 Å². The van der Waals surface area contributed by atoms with Gasteiger partial charge in [-0.1, -0.05) is 13.5 Å². The first kappa shape index (κ1) is 19.7. The summed E-state index contributed by atoms with van der Waals surface area (Å²) in [7, 11) is 0. The Morgan fingerprint density at radius 3 is 1.86 bits per heavy atom. The summed E-state index contributed by atoms with van der Waals surface area (Å²) in [6.07, 6.45) is -4.53. The van der Waals surface area contributed by atoms with Crippen LogP contribution in [0.2, 0.25) is 0 Å². The van der Waals surface area contributed by atoms with E-state index in [9.17, 15) is 39.9 Å². The van der Waals surface area contributed by atoms with Crippen molar-refractivity contribution in [1.29, 1.82) is 0 Å². The van der Waals surface area contributed by atoms with Crippen molar-refractivity contribution in [3.8, 4) is 0 Å². The fraction of sp³-hybridized carbons (Fsp3) is 0.727. The van der Waals surface area contributed by atoms with Crippen LogP contribution >= 0.6 is 0 Å². The number of carbonyl (C=O) groups excluding carboxylic acids is 1. The van der Waals surface area contributed by atoms with Crippen LogP contribution in [0.1, 0.15) is 20.3 Å². The standard InChI is InChI=1S/C11H12F8O2/c1-4-7(20)21-6(3)9(14,15)11(18,19)10(16,17)8(12,13)5-2/h4,6H,1,5H2,2-3H3. The summed E-state index contributed by atoms with van der Waals surface area (Å²) in [6.45, 7) is 3.39. The van der Waals surface area contributed by atoms with Gasteiger partial charge in [0.15, 0.2) is 6.10 Å². The van der Waals surface area contributed by atoms with Crippen LogP contribution in [0, 0.1) is 0 Å². The van der Waals surface area contributed by atoms with Crippen LogP contribution in [-0.2, 0) is 9.53 Å². The minimum Gasteiger partial charge on any atom is -0.453 e. The molecule has 0 spiro atoms. The van der Waals surface area contributed by atoms with Gasteiger partial charge in [-0.3, -0.25) is 0 Å². The molecule has 0 aromatic rings. The molecule has 21 heavy (non-hydrogen) atoms. The van der Waals surface area contributed by atoms with Crippen molar-refractivity contribution in [2.24, 2.45) is 0 Å². The molecule has 0 aliphatic rings. The average molecular weight is 328 g/mol. The molecule has 0 aliphatic carbocycles. The maximum Gasteiger partial charge on any atom is 0.381 e. The van der Waals surface area contributed by atoms with E-state index in [1.165, 1.54) is 0 Å². The zero-order valence-corrected chi connectivity index (χ0v) is 10.9. The summed E-state index contributed by atoms with van der Waals surface area (Å²) < 4.78 is 109. The van der Waals surface area contributed by atoms with Crippen LogP contribution in [-0.4, -0.2) is 35.8 Å². The number of alkyl halides is 8. The molecule has 0 fully saturated rings. The normalized spacial score (nSPS) is 15.5. The first-order valence-electron chi connectivity index (χ1n) is 5.53. The zero-order chi connectivity index (χ0) is 17.3. The Morgan fingerprint density at radius 1 is 1.10 bits per heavy atom. The van der Waals surface area contributed by atoms with Crippen molar-refractivity contribution in [1.82, 2.24) is 0 Å². The third-order valence-electron chi connectivity index (χ3n) is 2.69. The molecule has 0 bridgehead atoms. The molecule has 0 amide bonds. The van der Waals surface area contributed by atoms with Gasteiger partial charge in [-0.2, -0.15) is 35.1 Å². The zero-order valence-electron chi connectivity index (χ0n) is 10.9. The molecule has 10 heteroatoms. The number of carbonyl (C=O) groups is 1. The molecular weight excluding hydrogens is 316 g/mol. The predicted octanol–water partition coefficient (Wildman–Crippen LogP) is 4.06. The lowest BCUT2D eigenvalue weighted by molar-refractivity contribution is -0.378. The van der Waals surface area contributed by atoms with Crippen LogP contribution in [0.15, 0.2) is 12.7 Å². The molecule has 2 nitrogen and oxygen atoms in total. The van der Waals surface area contributed by atoms with Gasteiger partial charge in [-0.05, 0) is 6.92 Å². The number of hydrogen-bond donors (Lipinski definition) is 0. The second-order valence-electron chi connectivity index (χ2n) is 4.11. The highest BCUT2D eigenvalue weighted by Crippen LogP contribution is 2.54. The fourth-order valence-corrected chi connectivity index (χ4v) is 1.21. The van der Waals surface area contributed by atoms with Gasteiger partial charge < -0.3 is 4.74 Å². The summed E-state index contributed by atoms with van der Waals surface area (Å²) in [5.41, 5.74) is 0. The molecule has 1 unspecified atom stereocenters. The predicted molar refractivity (Wildman–Crippen MR) is 55.8 cm³/mol. The van der Waals surface area contributed by atoms with E-state index in [-0.39, 0.29) is 6.92 Å². The molecule has 1 atom stereocenters. The van der Waals surface area contributed by atoms with Gasteiger partial charge in [0.25, 0.3) is 0 Å².